The molecule has 0 aliphatic carbocycles. The second-order valence-corrected chi connectivity index (χ2v) is 4.63. The maximum absolute atomic E-state index is 12.0. The van der Waals surface area contributed by atoms with E-state index in [1.54, 1.807) is 0 Å². The van der Waals surface area contributed by atoms with Gasteiger partial charge in [0.05, 0.1) is 18.4 Å². The van der Waals surface area contributed by atoms with Gasteiger partial charge in [-0.2, -0.15) is 0 Å². The summed E-state index contributed by atoms with van der Waals surface area (Å²) >= 11 is 5.80. The van der Waals surface area contributed by atoms with Crippen LogP contribution in [0.3, 0.4) is 0 Å². The number of methoxy groups -OCH3 is 1. The summed E-state index contributed by atoms with van der Waals surface area (Å²) in [7, 11) is 1.20. The summed E-state index contributed by atoms with van der Waals surface area (Å²) in [5.74, 6) is -2.47. The van der Waals surface area contributed by atoms with Crippen LogP contribution < -0.4 is 5.32 Å². The van der Waals surface area contributed by atoms with E-state index < -0.39 is 17.8 Å². The Hall–Kier alpha value is -2.34. The third kappa shape index (κ3) is 4.06. The summed E-state index contributed by atoms with van der Waals surface area (Å²) in [4.78, 5) is 34.5. The first kappa shape index (κ1) is 16.7. The van der Waals surface area contributed by atoms with Gasteiger partial charge in [0.2, 0.25) is 0 Å². The lowest BCUT2D eigenvalue weighted by atomic mass is 10.1. The Bertz CT molecular complexity index is 636. The predicted molar refractivity (Wildman–Crippen MR) is 77.4 cm³/mol. The highest BCUT2D eigenvalue weighted by molar-refractivity contribution is 6.31. The van der Waals surface area contributed by atoms with Crippen molar-refractivity contribution in [1.82, 2.24) is 0 Å². The minimum atomic E-state index is -1.19. The highest BCUT2D eigenvalue weighted by Gasteiger charge is 2.17. The van der Waals surface area contributed by atoms with E-state index in [2.05, 4.69) is 10.1 Å². The highest BCUT2D eigenvalue weighted by atomic mass is 35.5. The maximum atomic E-state index is 12.0. The Kier molecular flexibility index (Phi) is 5.49. The number of carbonyl (C=O) groups excluding carboxylic acids is 2. The van der Waals surface area contributed by atoms with E-state index in [1.807, 2.05) is 0 Å². The third-order valence-corrected chi connectivity index (χ3v) is 3.09. The van der Waals surface area contributed by atoms with Crippen molar-refractivity contribution in [2.24, 2.45) is 0 Å². The molecule has 0 bridgehead atoms. The highest BCUT2D eigenvalue weighted by Crippen LogP contribution is 2.22. The van der Waals surface area contributed by atoms with Gasteiger partial charge in [-0.05, 0) is 32.0 Å². The number of carboxylic acid groups (broad SMARTS) is 1. The Labute approximate surface area is 126 Å². The molecule has 0 unspecified atom stereocenters. The Balaban J connectivity index is 3.14. The molecule has 0 aromatic heterocycles. The molecule has 0 fully saturated rings. The van der Waals surface area contributed by atoms with Gasteiger partial charge in [0, 0.05) is 16.2 Å². The second kappa shape index (κ2) is 6.90. The number of rotatable bonds is 4. The molecular weight excluding hydrogens is 298 g/mol. The fourth-order valence-electron chi connectivity index (χ4n) is 1.45. The molecule has 0 heterocycles. The van der Waals surface area contributed by atoms with E-state index in [4.69, 9.17) is 16.7 Å². The summed E-state index contributed by atoms with van der Waals surface area (Å²) in [5, 5.41) is 11.6. The van der Waals surface area contributed by atoms with Gasteiger partial charge in [-0.25, -0.2) is 9.59 Å². The zero-order valence-corrected chi connectivity index (χ0v) is 12.4. The van der Waals surface area contributed by atoms with Crippen molar-refractivity contribution in [1.29, 1.82) is 0 Å². The number of nitrogens with one attached hydrogen (secondary N) is 1. The number of amides is 1. The molecule has 7 heteroatoms. The smallest absolute Gasteiger partial charge is 0.340 e. The van der Waals surface area contributed by atoms with Crippen molar-refractivity contribution < 1.29 is 24.2 Å². The fraction of sp³-hybridized carbons (Fsp3) is 0.214. The fourth-order valence-corrected chi connectivity index (χ4v) is 1.62. The number of halogens is 1. The molecule has 0 aliphatic heterocycles. The molecule has 0 radical (unpaired) electrons. The van der Waals surface area contributed by atoms with Crippen LogP contribution >= 0.6 is 11.6 Å². The molecule has 0 spiro atoms. The summed E-state index contributed by atoms with van der Waals surface area (Å²) in [6.07, 6.45) is 0. The van der Waals surface area contributed by atoms with Gasteiger partial charge in [0.1, 0.15) is 0 Å². The molecule has 1 amide bonds. The minimum Gasteiger partial charge on any atom is -0.478 e. The van der Waals surface area contributed by atoms with Crippen LogP contribution in [0.4, 0.5) is 5.69 Å². The lowest BCUT2D eigenvalue weighted by molar-refractivity contribution is -0.133. The van der Waals surface area contributed by atoms with Crippen molar-refractivity contribution in [3.63, 3.8) is 0 Å². The molecule has 6 nitrogen and oxygen atoms in total. The molecule has 2 N–H and O–H groups in total. The molecule has 21 heavy (non-hydrogen) atoms. The van der Waals surface area contributed by atoms with Crippen molar-refractivity contribution in [3.8, 4) is 0 Å². The molecule has 112 valence electrons. The molecule has 0 aliphatic rings. The van der Waals surface area contributed by atoms with E-state index in [0.29, 0.717) is 5.02 Å². The van der Waals surface area contributed by atoms with Crippen LogP contribution in [0.25, 0.3) is 0 Å². The zero-order valence-electron chi connectivity index (χ0n) is 11.7. The number of carbonyl (C=O) groups is 3. The summed E-state index contributed by atoms with van der Waals surface area (Å²) in [6, 6.07) is 4.29. The molecule has 1 rings (SSSR count). The first-order chi connectivity index (χ1) is 9.77. The Morgan fingerprint density at radius 1 is 1.19 bits per heavy atom. The SMILES string of the molecule is COC(=O)c1cc(Cl)ccc1NC(=O)C(C)=C(C)C(=O)O. The van der Waals surface area contributed by atoms with Gasteiger partial charge in [-0.15, -0.1) is 0 Å². The quantitative estimate of drug-likeness (QED) is 0.658. The molecule has 0 saturated heterocycles. The third-order valence-electron chi connectivity index (χ3n) is 2.86. The summed E-state index contributed by atoms with van der Waals surface area (Å²) in [5.41, 5.74) is 0.224. The monoisotopic (exact) mass is 311 g/mol. The number of aliphatic carboxylic acids is 1. The van der Waals surface area contributed by atoms with Crippen LogP contribution in [0.2, 0.25) is 5.02 Å². The van der Waals surface area contributed by atoms with Gasteiger partial charge in [-0.3, -0.25) is 4.79 Å². The van der Waals surface area contributed by atoms with E-state index in [9.17, 15) is 14.4 Å². The molecule has 0 saturated carbocycles. The van der Waals surface area contributed by atoms with Crippen molar-refractivity contribution in [2.75, 3.05) is 12.4 Å². The number of carboxylic acids is 1. The van der Waals surface area contributed by atoms with E-state index >= 15 is 0 Å². The molecule has 1 aromatic rings. The van der Waals surface area contributed by atoms with Crippen molar-refractivity contribution in [3.05, 3.63) is 39.9 Å². The molecular formula is C14H14ClNO5. The van der Waals surface area contributed by atoms with Crippen molar-refractivity contribution >= 4 is 35.1 Å². The zero-order chi connectivity index (χ0) is 16.2. The first-order valence-corrected chi connectivity index (χ1v) is 6.25. The maximum Gasteiger partial charge on any atom is 0.340 e. The van der Waals surface area contributed by atoms with Crippen LogP contribution in [0.15, 0.2) is 29.3 Å². The number of benzene rings is 1. The van der Waals surface area contributed by atoms with Crippen LogP contribution in [0.1, 0.15) is 24.2 Å². The number of anilines is 1. The average Bonchev–Trinajstić information content (AvgIpc) is 2.46. The van der Waals surface area contributed by atoms with Gasteiger partial charge in [-0.1, -0.05) is 11.6 Å². The van der Waals surface area contributed by atoms with Crippen LogP contribution in [0.5, 0.6) is 0 Å². The standard InChI is InChI=1S/C14H14ClNO5/c1-7(8(2)13(18)19)12(17)16-11-5-4-9(15)6-10(11)14(20)21-3/h4-6H,1-3H3,(H,16,17)(H,18,19). The van der Waals surface area contributed by atoms with Crippen LogP contribution in [-0.4, -0.2) is 30.1 Å². The van der Waals surface area contributed by atoms with E-state index in [-0.39, 0.29) is 22.4 Å². The number of ether oxygens (including phenoxy) is 1. The first-order valence-electron chi connectivity index (χ1n) is 5.88. The normalized spacial score (nSPS) is 11.4. The molecule has 0 atom stereocenters. The van der Waals surface area contributed by atoms with E-state index in [0.717, 1.165) is 0 Å². The Morgan fingerprint density at radius 2 is 1.81 bits per heavy atom. The largest absolute Gasteiger partial charge is 0.478 e. The van der Waals surface area contributed by atoms with Crippen LogP contribution in [-0.2, 0) is 14.3 Å². The number of hydrogen-bond acceptors (Lipinski definition) is 4. The Morgan fingerprint density at radius 3 is 2.33 bits per heavy atom. The second-order valence-electron chi connectivity index (χ2n) is 4.19. The lowest BCUT2D eigenvalue weighted by Gasteiger charge is -2.11. The minimum absolute atomic E-state index is 0.0354. The van der Waals surface area contributed by atoms with E-state index in [1.165, 1.54) is 39.2 Å². The number of esters is 1. The van der Waals surface area contributed by atoms with Crippen LogP contribution in [0, 0.1) is 0 Å². The van der Waals surface area contributed by atoms with Crippen molar-refractivity contribution in [2.45, 2.75) is 13.8 Å². The topological polar surface area (TPSA) is 92.7 Å². The summed E-state index contributed by atoms with van der Waals surface area (Å²) in [6.45, 7) is 2.70. The average molecular weight is 312 g/mol. The lowest BCUT2D eigenvalue weighted by Crippen LogP contribution is -2.18. The van der Waals surface area contributed by atoms with Gasteiger partial charge < -0.3 is 15.2 Å². The number of hydrogen-bond donors (Lipinski definition) is 2. The van der Waals surface area contributed by atoms with Gasteiger partial charge in [0.25, 0.3) is 5.91 Å². The van der Waals surface area contributed by atoms with Gasteiger partial charge >= 0.3 is 11.9 Å². The van der Waals surface area contributed by atoms with Gasteiger partial charge in [0.15, 0.2) is 0 Å². The molecule has 1 aromatic carbocycles. The predicted octanol–water partition coefficient (Wildman–Crippen LogP) is 2.49. The summed E-state index contributed by atoms with van der Waals surface area (Å²) < 4.78 is 4.60.